The second-order valence-corrected chi connectivity index (χ2v) is 5.56. The maximum absolute atomic E-state index is 12.6. The molecule has 1 heterocycles. The predicted molar refractivity (Wildman–Crippen MR) is 88.8 cm³/mol. The van der Waals surface area contributed by atoms with Crippen LogP contribution < -0.4 is 15.2 Å². The van der Waals surface area contributed by atoms with Crippen molar-refractivity contribution in [3.05, 3.63) is 29.8 Å². The van der Waals surface area contributed by atoms with E-state index in [2.05, 4.69) is 4.74 Å². The Labute approximate surface area is 149 Å². The largest absolute Gasteiger partial charge is 0.493 e. The fraction of sp³-hybridized carbons (Fsp3) is 0.412. The number of nitrogens with zero attached hydrogens (tertiary/aromatic N) is 1. The summed E-state index contributed by atoms with van der Waals surface area (Å²) in [7, 11) is 1.34. The lowest BCUT2D eigenvalue weighted by Gasteiger charge is -2.15. The van der Waals surface area contributed by atoms with Crippen molar-refractivity contribution in [1.29, 1.82) is 0 Å². The second-order valence-electron chi connectivity index (χ2n) is 5.56. The first-order valence-electron chi connectivity index (χ1n) is 7.89. The number of ether oxygens (including phenoxy) is 3. The number of alkyl halides is 2. The van der Waals surface area contributed by atoms with Crippen LogP contribution >= 0.6 is 0 Å². The SMILES string of the molecule is COc1cccc(/C=C\C(=O)N2CCC(OCC(N)=O)C2)c1OC(F)F. The molecule has 1 aliphatic rings. The summed E-state index contributed by atoms with van der Waals surface area (Å²) < 4.78 is 40.0. The molecule has 1 aromatic rings. The second kappa shape index (κ2) is 9.14. The van der Waals surface area contributed by atoms with E-state index < -0.39 is 12.5 Å². The normalized spacial score (nSPS) is 17.1. The molecule has 0 spiro atoms. The Morgan fingerprint density at radius 3 is 2.85 bits per heavy atom. The summed E-state index contributed by atoms with van der Waals surface area (Å²) >= 11 is 0. The number of carbonyl (C=O) groups excluding carboxylic acids is 2. The first-order chi connectivity index (χ1) is 12.4. The third-order valence-corrected chi connectivity index (χ3v) is 3.76. The summed E-state index contributed by atoms with van der Waals surface area (Å²) in [5.74, 6) is -0.876. The number of benzene rings is 1. The van der Waals surface area contributed by atoms with E-state index in [0.717, 1.165) is 0 Å². The molecule has 0 bridgehead atoms. The zero-order valence-electron chi connectivity index (χ0n) is 14.2. The molecule has 0 radical (unpaired) electrons. The molecule has 2 N–H and O–H groups in total. The van der Waals surface area contributed by atoms with Crippen LogP contribution in [0.15, 0.2) is 24.3 Å². The molecule has 9 heteroatoms. The molecule has 26 heavy (non-hydrogen) atoms. The van der Waals surface area contributed by atoms with Crippen LogP contribution in [0.1, 0.15) is 12.0 Å². The summed E-state index contributed by atoms with van der Waals surface area (Å²) in [5.41, 5.74) is 5.31. The number of amides is 2. The molecule has 7 nitrogen and oxygen atoms in total. The Balaban J connectivity index is 2.03. The van der Waals surface area contributed by atoms with Gasteiger partial charge in [-0.3, -0.25) is 9.59 Å². The van der Waals surface area contributed by atoms with Gasteiger partial charge in [0, 0.05) is 24.7 Å². The van der Waals surface area contributed by atoms with E-state index in [0.29, 0.717) is 25.1 Å². The summed E-state index contributed by atoms with van der Waals surface area (Å²) in [4.78, 5) is 24.5. The molecule has 0 aromatic heterocycles. The molecule has 1 aliphatic heterocycles. The Morgan fingerprint density at radius 1 is 1.42 bits per heavy atom. The van der Waals surface area contributed by atoms with E-state index in [9.17, 15) is 18.4 Å². The number of rotatable bonds is 8. The lowest BCUT2D eigenvalue weighted by atomic mass is 10.1. The minimum absolute atomic E-state index is 0.140. The van der Waals surface area contributed by atoms with Crippen molar-refractivity contribution in [2.24, 2.45) is 5.73 Å². The van der Waals surface area contributed by atoms with Gasteiger partial charge < -0.3 is 24.8 Å². The average Bonchev–Trinajstić information content (AvgIpc) is 3.07. The zero-order valence-corrected chi connectivity index (χ0v) is 14.2. The molecule has 0 saturated carbocycles. The number of nitrogens with two attached hydrogens (primary N) is 1. The number of likely N-dealkylation sites (tertiary alicyclic amines) is 1. The molecule has 1 fully saturated rings. The van der Waals surface area contributed by atoms with Crippen LogP contribution in [0.25, 0.3) is 6.08 Å². The number of primary amides is 1. The smallest absolute Gasteiger partial charge is 0.387 e. The van der Waals surface area contributed by atoms with Crippen LogP contribution in [-0.4, -0.2) is 56.2 Å². The average molecular weight is 370 g/mol. The number of hydrogen-bond donors (Lipinski definition) is 1. The lowest BCUT2D eigenvalue weighted by molar-refractivity contribution is -0.126. The molecule has 1 aromatic carbocycles. The summed E-state index contributed by atoms with van der Waals surface area (Å²) in [5, 5.41) is 0. The van der Waals surface area contributed by atoms with E-state index >= 15 is 0 Å². The predicted octanol–water partition coefficient (Wildman–Crippen LogP) is 1.41. The first kappa shape index (κ1) is 19.6. The van der Waals surface area contributed by atoms with Crippen LogP contribution in [-0.2, 0) is 14.3 Å². The standard InChI is InChI=1S/C17H20F2N2O5/c1-24-13-4-2-3-11(16(13)26-17(18)19)5-6-15(23)21-8-7-12(9-21)25-10-14(20)22/h2-6,12,17H,7-10H2,1H3,(H2,20,22)/b6-5-. The van der Waals surface area contributed by atoms with Crippen molar-refractivity contribution < 1.29 is 32.6 Å². The van der Waals surface area contributed by atoms with Crippen LogP contribution in [0.3, 0.4) is 0 Å². The minimum Gasteiger partial charge on any atom is -0.493 e. The highest BCUT2D eigenvalue weighted by Gasteiger charge is 2.26. The van der Waals surface area contributed by atoms with Gasteiger partial charge in [0.2, 0.25) is 11.8 Å². The van der Waals surface area contributed by atoms with Gasteiger partial charge in [-0.1, -0.05) is 12.1 Å². The van der Waals surface area contributed by atoms with Gasteiger partial charge in [-0.05, 0) is 18.6 Å². The number of para-hydroxylation sites is 1. The maximum atomic E-state index is 12.6. The Kier molecular flexibility index (Phi) is 6.90. The molecule has 1 unspecified atom stereocenters. The molecular formula is C17H20F2N2O5. The maximum Gasteiger partial charge on any atom is 0.387 e. The Bertz CT molecular complexity index is 681. The minimum atomic E-state index is -3.02. The van der Waals surface area contributed by atoms with Gasteiger partial charge in [-0.25, -0.2) is 0 Å². The van der Waals surface area contributed by atoms with E-state index in [1.807, 2.05) is 0 Å². The lowest BCUT2D eigenvalue weighted by Crippen LogP contribution is -2.30. The summed E-state index contributed by atoms with van der Waals surface area (Å²) in [6, 6.07) is 4.62. The van der Waals surface area contributed by atoms with Crippen molar-refractivity contribution in [3.8, 4) is 11.5 Å². The van der Waals surface area contributed by atoms with Crippen molar-refractivity contribution in [1.82, 2.24) is 4.90 Å². The van der Waals surface area contributed by atoms with Gasteiger partial charge in [-0.2, -0.15) is 8.78 Å². The molecule has 142 valence electrons. The fourth-order valence-electron chi connectivity index (χ4n) is 2.57. The fourth-order valence-corrected chi connectivity index (χ4v) is 2.57. The Morgan fingerprint density at radius 2 is 2.19 bits per heavy atom. The molecule has 2 rings (SSSR count). The van der Waals surface area contributed by atoms with Gasteiger partial charge >= 0.3 is 6.61 Å². The third kappa shape index (κ3) is 5.41. The van der Waals surface area contributed by atoms with E-state index in [1.54, 1.807) is 6.07 Å². The quantitative estimate of drug-likeness (QED) is 0.699. The van der Waals surface area contributed by atoms with Crippen molar-refractivity contribution in [2.45, 2.75) is 19.1 Å². The van der Waals surface area contributed by atoms with Gasteiger partial charge in [0.05, 0.1) is 13.2 Å². The molecule has 2 amide bonds. The molecule has 0 aliphatic carbocycles. The van der Waals surface area contributed by atoms with Crippen LogP contribution in [0.4, 0.5) is 8.78 Å². The molecular weight excluding hydrogens is 350 g/mol. The molecule has 1 saturated heterocycles. The zero-order chi connectivity index (χ0) is 19.1. The number of halogens is 2. The van der Waals surface area contributed by atoms with E-state index in [4.69, 9.17) is 15.2 Å². The topological polar surface area (TPSA) is 91.1 Å². The molecule has 1 atom stereocenters. The number of methoxy groups -OCH3 is 1. The van der Waals surface area contributed by atoms with Gasteiger partial charge in [0.25, 0.3) is 0 Å². The van der Waals surface area contributed by atoms with Crippen LogP contribution in [0, 0.1) is 0 Å². The van der Waals surface area contributed by atoms with Crippen molar-refractivity contribution in [2.75, 3.05) is 26.8 Å². The third-order valence-electron chi connectivity index (χ3n) is 3.76. The number of hydrogen-bond acceptors (Lipinski definition) is 5. The van der Waals surface area contributed by atoms with Gasteiger partial charge in [0.15, 0.2) is 11.5 Å². The summed E-state index contributed by atoms with van der Waals surface area (Å²) in [6.45, 7) is -2.42. The highest BCUT2D eigenvalue weighted by Crippen LogP contribution is 2.33. The monoisotopic (exact) mass is 370 g/mol. The first-order valence-corrected chi connectivity index (χ1v) is 7.89. The van der Waals surface area contributed by atoms with E-state index in [-0.39, 0.29) is 30.1 Å². The summed E-state index contributed by atoms with van der Waals surface area (Å²) in [6.07, 6.45) is 2.99. The van der Waals surface area contributed by atoms with Crippen LogP contribution in [0.5, 0.6) is 11.5 Å². The highest BCUT2D eigenvalue weighted by atomic mass is 19.3. The van der Waals surface area contributed by atoms with E-state index in [1.165, 1.54) is 36.3 Å². The van der Waals surface area contributed by atoms with Crippen molar-refractivity contribution >= 4 is 17.9 Å². The van der Waals surface area contributed by atoms with Crippen LogP contribution in [0.2, 0.25) is 0 Å². The van der Waals surface area contributed by atoms with Crippen molar-refractivity contribution in [3.63, 3.8) is 0 Å². The number of carbonyl (C=O) groups is 2. The van der Waals surface area contributed by atoms with Gasteiger partial charge in [0.1, 0.15) is 6.61 Å². The van der Waals surface area contributed by atoms with Gasteiger partial charge in [-0.15, -0.1) is 0 Å². The Hall–Kier alpha value is -2.68. The highest BCUT2D eigenvalue weighted by molar-refractivity contribution is 5.92.